The van der Waals surface area contributed by atoms with Gasteiger partial charge in [0, 0.05) is 83.7 Å². The number of carbonyl (C=O) groups is 5. The van der Waals surface area contributed by atoms with Crippen molar-refractivity contribution in [2.24, 2.45) is 5.73 Å². The number of halogens is 24. The first-order valence-electron chi connectivity index (χ1n) is 44.0. The number of hydrogen-bond donors (Lipinski definition) is 4. The largest absolute Gasteiger partial charge is 0.508 e. The van der Waals surface area contributed by atoms with Crippen molar-refractivity contribution < 1.29 is 141 Å². The molecule has 0 radical (unpaired) electrons. The van der Waals surface area contributed by atoms with Crippen molar-refractivity contribution in [2.45, 2.75) is 76.5 Å². The predicted octanol–water partition coefficient (Wildman–Crippen LogP) is 33.1. The molecule has 0 aliphatic rings. The van der Waals surface area contributed by atoms with Crippen LogP contribution in [-0.2, 0) is 62.6 Å². The number of alkyl halides is 17. The number of ketones is 4. The Bertz CT molecular complexity index is 7150. The fraction of sp³-hybridized carbons (Fsp3) is 0.125. The molecule has 0 atom stereocenters. The monoisotopic (exact) mass is 2340 g/mol. The number of phenolic OH excluding ortho intramolecular Hbond substituents is 1. The van der Waals surface area contributed by atoms with Crippen LogP contribution < -0.4 is 24.7 Å². The zero-order chi connectivity index (χ0) is 110. The van der Waals surface area contributed by atoms with Crippen LogP contribution in [0.4, 0.5) is 87.8 Å². The summed E-state index contributed by atoms with van der Waals surface area (Å²) in [6, 6.07) is 76.9. The molecular weight excluding hydrogens is 2260 g/mol. The Morgan fingerprint density at radius 1 is 0.320 bits per heavy atom. The van der Waals surface area contributed by atoms with Crippen LogP contribution in [0.25, 0.3) is 66.9 Å². The number of rotatable bonds is 26. The number of carboxylic acid groups (broad SMARTS) is 1. The number of H-pyrrole nitrogens is 1. The van der Waals surface area contributed by atoms with E-state index in [1.54, 1.807) is 104 Å². The Hall–Kier alpha value is -14.9. The average Bonchev–Trinajstić information content (AvgIpc) is 1.02. The lowest BCUT2D eigenvalue weighted by Crippen LogP contribution is -2.13. The van der Waals surface area contributed by atoms with Crippen LogP contribution in [0.3, 0.4) is 0 Å². The van der Waals surface area contributed by atoms with Crippen molar-refractivity contribution in [3.05, 3.63) is 453 Å². The third kappa shape index (κ3) is 33.3. The topological polar surface area (TPSA) is 217 Å². The zero-order valence-corrected chi connectivity index (χ0v) is 84.3. The van der Waals surface area contributed by atoms with E-state index in [1.807, 2.05) is 24.3 Å². The second-order valence-electron chi connectivity index (χ2n) is 32.0. The van der Waals surface area contributed by atoms with Crippen LogP contribution in [-0.4, -0.2) is 61.2 Å². The first-order chi connectivity index (χ1) is 71.2. The maximum absolute atomic E-state index is 14.1. The number of aromatic carboxylic acids is 1. The molecule has 150 heavy (non-hydrogen) atoms. The Balaban J connectivity index is 0.000000187. The molecule has 5 N–H and O–H groups in total. The van der Waals surface area contributed by atoms with Gasteiger partial charge in [-0.25, -0.2) is 31.7 Å². The summed E-state index contributed by atoms with van der Waals surface area (Å²) in [5, 5.41) is 19.1. The Labute approximate surface area is 876 Å². The lowest BCUT2D eigenvalue weighted by Gasteiger charge is -2.16. The van der Waals surface area contributed by atoms with E-state index in [0.717, 1.165) is 77.6 Å². The average molecular weight is 2340 g/mol. The summed E-state index contributed by atoms with van der Waals surface area (Å²) in [7, 11) is 0. The molecule has 0 unspecified atom stereocenters. The van der Waals surface area contributed by atoms with E-state index in [-0.39, 0.29) is 146 Å². The highest BCUT2D eigenvalue weighted by Crippen LogP contribution is 2.47. The summed E-state index contributed by atoms with van der Waals surface area (Å²) in [6.07, 6.45) is -22.0. The molecule has 38 heteroatoms. The number of nitrogens with one attached hydrogen (secondary N) is 1. The van der Waals surface area contributed by atoms with Crippen molar-refractivity contribution in [3.63, 3.8) is 0 Å². The molecule has 15 aromatic carbocycles. The second kappa shape index (κ2) is 53.8. The molecule has 0 amide bonds. The molecule has 1 aromatic heterocycles. The number of aromatic nitrogens is 2. The molecular formula is C112H81Br4F20N3O11. The number of imidazole rings is 1. The second-order valence-corrected chi connectivity index (χ2v) is 33.1. The molecule has 778 valence electrons. The summed E-state index contributed by atoms with van der Waals surface area (Å²) in [5.41, 5.74) is 5.77. The van der Waals surface area contributed by atoms with Crippen LogP contribution in [0.15, 0.2) is 340 Å². The van der Waals surface area contributed by atoms with Crippen molar-refractivity contribution in [1.29, 1.82) is 0 Å². The number of hydrogen-bond acceptors (Lipinski definition) is 12. The van der Waals surface area contributed by atoms with E-state index >= 15 is 0 Å². The first kappa shape index (κ1) is 117. The van der Waals surface area contributed by atoms with E-state index < -0.39 is 99.5 Å². The summed E-state index contributed by atoms with van der Waals surface area (Å²) in [4.78, 5) is 62.6. The fourth-order valence-corrected chi connectivity index (χ4v) is 14.9. The highest BCUT2D eigenvalue weighted by molar-refractivity contribution is 9.93. The minimum absolute atomic E-state index is 0.0000258. The normalized spacial score (nSPS) is 11.1. The van der Waals surface area contributed by atoms with Gasteiger partial charge in [-0.3, -0.25) is 19.2 Å². The fourth-order valence-electron chi connectivity index (χ4n) is 14.2. The van der Waals surface area contributed by atoms with E-state index in [9.17, 15) is 112 Å². The molecule has 0 saturated heterocycles. The van der Waals surface area contributed by atoms with Gasteiger partial charge in [0.2, 0.25) is 5.82 Å². The molecule has 1 heterocycles. The molecule has 0 fully saturated rings. The SMILES string of the molecule is BrBr.CC(=O)c1ccc(CBr)cc1.CC(=O)c1ccc(COc2ccc(-c3ccccc3F)c(C(F)(F)F)c2)cc1.NCC(=O)c1ccc(COc2ccc(-c3ccccc3F)c(C(F)(F)F)c2)cc1.O=C(CBr)c1ccc(COc2ccc(-c3ccccc3F)c(C(F)(F)F)c2)cc1.O=C(O)c1ncc(-c2ccc(COc3ccc(-c4ccccc4F)c(C(F)(F)F)c3)cc2)[nH]1.Oc1ccc(-c2ccccc2F)c(C(F)(F)F)c1. The highest BCUT2D eigenvalue weighted by atomic mass is 80.9. The predicted molar refractivity (Wildman–Crippen MR) is 542 cm³/mol. The first-order valence-corrected chi connectivity index (χ1v) is 49.9. The standard InChI is InChI=1S/C24H16F4N2O3.C22H15BrF4O2.C22H17F4NO2.C22H16F4O2.C13H8F4O.C9H9BrO.Br2/c25-20-4-2-1-3-18(20)17-10-9-16(11-19(17)24(26,27)28)33-13-14-5-7-15(8-6-14)21-12-29-22(30-21)23(31)32;23-12-21(28)15-7-5-14(6-8-15)13-29-16-9-10-17(19(11-16)22(25,26)27)18-3-1-2-4-20(18)24;23-20-4-2-1-3-18(20)17-10-9-16(11-19(17)22(24,25)26)29-13-14-5-7-15(8-6-14)21(28)12-27;1-14(27)16-8-6-15(7-9-16)13-28-17-10-11-18(20(12-17)22(24,25)26)19-4-2-3-5-21(19)23;14-12-4-2-1-3-10(12)9-6-5-8(18)7-11(9)13(15,16)17;1-7(11)9-4-2-8(6-10)3-5-9;1-2/h1-12H,13H2,(H,29,30)(H,31,32);1-11H,12-13H2;1-11H,12-13,27H2;2-12H,13H2,1H3;1-7,18H;2-5H,6H2,1H3;. The summed E-state index contributed by atoms with van der Waals surface area (Å²) >= 11 is 11.9. The van der Waals surface area contributed by atoms with Crippen molar-refractivity contribution in [2.75, 3.05) is 11.9 Å². The number of Topliss-reactive ketones (excluding diaryl/α,β-unsaturated/α-hetero) is 4. The zero-order valence-electron chi connectivity index (χ0n) is 77.9. The number of phenols is 1. The van der Waals surface area contributed by atoms with Crippen molar-refractivity contribution in [1.82, 2.24) is 9.97 Å². The molecule has 0 bridgehead atoms. The van der Waals surface area contributed by atoms with Crippen LogP contribution in [0.5, 0.6) is 28.7 Å². The maximum atomic E-state index is 14.1. The molecule has 0 aliphatic heterocycles. The lowest BCUT2D eigenvalue weighted by atomic mass is 9.98. The molecule has 16 rings (SSSR count). The van der Waals surface area contributed by atoms with Gasteiger partial charge in [-0.1, -0.05) is 244 Å². The van der Waals surface area contributed by atoms with E-state index in [1.165, 1.54) is 158 Å². The van der Waals surface area contributed by atoms with Gasteiger partial charge in [-0.05, 0) is 196 Å². The third-order valence-corrected chi connectivity index (χ3v) is 22.9. The molecule has 0 saturated carbocycles. The van der Waals surface area contributed by atoms with Crippen molar-refractivity contribution in [3.8, 4) is 95.6 Å². The van der Waals surface area contributed by atoms with Crippen LogP contribution in [0.2, 0.25) is 0 Å². The number of aromatic hydroxyl groups is 1. The number of nitrogens with two attached hydrogens (primary N) is 1. The number of nitrogens with zero attached hydrogens (tertiary/aromatic N) is 1. The molecule has 16 aromatic rings. The number of carboxylic acids is 1. The van der Waals surface area contributed by atoms with Gasteiger partial charge in [0.15, 0.2) is 23.1 Å². The van der Waals surface area contributed by atoms with Gasteiger partial charge in [0.05, 0.1) is 51.6 Å². The van der Waals surface area contributed by atoms with Crippen molar-refractivity contribution >= 4 is 89.2 Å². The van der Waals surface area contributed by atoms with E-state index in [4.69, 9.17) is 34.9 Å². The van der Waals surface area contributed by atoms with Gasteiger partial charge in [0.25, 0.3) is 0 Å². The molecule has 14 nitrogen and oxygen atoms in total. The number of aromatic amines is 1. The smallest absolute Gasteiger partial charge is 0.417 e. The van der Waals surface area contributed by atoms with Gasteiger partial charge in [-0.15, -0.1) is 0 Å². The van der Waals surface area contributed by atoms with Gasteiger partial charge in [-0.2, -0.15) is 65.9 Å². The number of benzene rings is 15. The summed E-state index contributed by atoms with van der Waals surface area (Å²) in [6.45, 7) is 2.98. The van der Waals surface area contributed by atoms with Gasteiger partial charge < -0.3 is 39.9 Å². The van der Waals surface area contributed by atoms with Crippen LogP contribution >= 0.6 is 60.1 Å². The summed E-state index contributed by atoms with van der Waals surface area (Å²) in [5.74, 6) is -5.78. The van der Waals surface area contributed by atoms with Gasteiger partial charge >= 0.3 is 36.9 Å². The number of ether oxygens (including phenoxy) is 4. The minimum atomic E-state index is -4.70. The molecule has 0 spiro atoms. The lowest BCUT2D eigenvalue weighted by molar-refractivity contribution is -0.138. The maximum Gasteiger partial charge on any atom is 0.417 e. The Kier molecular flexibility index (Phi) is 42.0. The van der Waals surface area contributed by atoms with Crippen LogP contribution in [0.1, 0.15) is 122 Å². The van der Waals surface area contributed by atoms with Gasteiger partial charge in [0.1, 0.15) is 84.3 Å². The molecule has 0 aliphatic carbocycles. The minimum Gasteiger partial charge on any atom is -0.508 e. The highest BCUT2D eigenvalue weighted by Gasteiger charge is 2.40. The summed E-state index contributed by atoms with van der Waals surface area (Å²) < 4.78 is 293. The quantitative estimate of drug-likeness (QED) is 0.0226. The van der Waals surface area contributed by atoms with E-state index in [2.05, 4.69) is 70.1 Å². The van der Waals surface area contributed by atoms with E-state index in [0.29, 0.717) is 56.3 Å². The Morgan fingerprint density at radius 2 is 0.567 bits per heavy atom. The number of carbonyl (C=O) groups excluding carboxylic acids is 4. The third-order valence-electron chi connectivity index (χ3n) is 21.7. The Morgan fingerprint density at radius 3 is 0.807 bits per heavy atom. The van der Waals surface area contributed by atoms with Crippen LogP contribution in [0, 0.1) is 29.1 Å².